The highest BCUT2D eigenvalue weighted by atomic mass is 16.6. The minimum absolute atomic E-state index is 0.0653. The predicted molar refractivity (Wildman–Crippen MR) is 306 cm³/mol. The van der Waals surface area contributed by atoms with Crippen LogP contribution in [-0.2, 0) is 23.8 Å². The third kappa shape index (κ3) is 57.4. The largest absolute Gasteiger partial charge is 0.462 e. The van der Waals surface area contributed by atoms with E-state index < -0.39 is 6.10 Å². The Kier molecular flexibility index (Phi) is 57.4. The number of hydrogen-bond acceptors (Lipinski definition) is 5. The molecular weight excluding hydrogens is 861 g/mol. The SMILES string of the molecule is CC/C=C\C/C=C\C/C=C\C/C=C\CCCCCCCCC(=O)OCC(COCCCCCCCCCCCCCCCCCCCC)OC(=O)CCCCCC/C=C\C/C=C\C/C=C\C/C=C\CC. The Morgan fingerprint density at radius 3 is 1.03 bits per heavy atom. The van der Waals surface area contributed by atoms with Crippen LogP contribution in [0.25, 0.3) is 0 Å². The molecule has 0 bridgehead atoms. The van der Waals surface area contributed by atoms with Gasteiger partial charge in [0.05, 0.1) is 6.61 Å². The fourth-order valence-corrected chi connectivity index (χ4v) is 8.26. The lowest BCUT2D eigenvalue weighted by Gasteiger charge is -2.18. The molecule has 0 spiro atoms. The average Bonchev–Trinajstić information content (AvgIpc) is 3.36. The van der Waals surface area contributed by atoms with Crippen LogP contribution in [-0.4, -0.2) is 37.9 Å². The van der Waals surface area contributed by atoms with E-state index in [1.54, 1.807) is 0 Å². The first-order valence-electron chi connectivity index (χ1n) is 29.8. The van der Waals surface area contributed by atoms with Crippen LogP contribution in [0.4, 0.5) is 0 Å². The zero-order valence-corrected chi connectivity index (χ0v) is 46.3. The molecule has 0 N–H and O–H groups in total. The lowest BCUT2D eigenvalue weighted by atomic mass is 10.0. The van der Waals surface area contributed by atoms with Gasteiger partial charge in [-0.3, -0.25) is 9.59 Å². The van der Waals surface area contributed by atoms with Gasteiger partial charge < -0.3 is 14.2 Å². The number of hydrogen-bond donors (Lipinski definition) is 0. The maximum atomic E-state index is 12.9. The van der Waals surface area contributed by atoms with Gasteiger partial charge in [0.2, 0.25) is 0 Å². The molecule has 0 saturated carbocycles. The van der Waals surface area contributed by atoms with Crippen LogP contribution in [0.5, 0.6) is 0 Å². The summed E-state index contributed by atoms with van der Waals surface area (Å²) in [6.45, 7) is 7.59. The number of allylic oxidation sites excluding steroid dienone is 16. The Morgan fingerprint density at radius 1 is 0.329 bits per heavy atom. The van der Waals surface area contributed by atoms with Crippen molar-refractivity contribution in [3.63, 3.8) is 0 Å². The minimum Gasteiger partial charge on any atom is -0.462 e. The summed E-state index contributed by atoms with van der Waals surface area (Å²) in [5.41, 5.74) is 0. The van der Waals surface area contributed by atoms with E-state index in [9.17, 15) is 9.59 Å². The number of ether oxygens (including phenoxy) is 3. The van der Waals surface area contributed by atoms with E-state index in [4.69, 9.17) is 14.2 Å². The second-order valence-electron chi connectivity index (χ2n) is 19.5. The second-order valence-corrected chi connectivity index (χ2v) is 19.5. The van der Waals surface area contributed by atoms with Gasteiger partial charge in [0, 0.05) is 19.4 Å². The summed E-state index contributed by atoms with van der Waals surface area (Å²) in [5.74, 6) is -0.434. The summed E-state index contributed by atoms with van der Waals surface area (Å²) in [4.78, 5) is 25.6. The molecule has 0 amide bonds. The summed E-state index contributed by atoms with van der Waals surface area (Å²) in [6, 6.07) is 0. The van der Waals surface area contributed by atoms with Crippen molar-refractivity contribution >= 4 is 11.9 Å². The zero-order valence-electron chi connectivity index (χ0n) is 46.3. The number of esters is 2. The minimum atomic E-state index is -0.560. The van der Waals surface area contributed by atoms with Crippen molar-refractivity contribution in [3.8, 4) is 0 Å². The molecule has 1 unspecified atom stereocenters. The van der Waals surface area contributed by atoms with Crippen molar-refractivity contribution in [3.05, 3.63) is 97.2 Å². The first-order chi connectivity index (χ1) is 34.6. The van der Waals surface area contributed by atoms with Crippen LogP contribution >= 0.6 is 0 Å². The van der Waals surface area contributed by atoms with E-state index >= 15 is 0 Å². The molecule has 0 aromatic carbocycles. The molecule has 0 radical (unpaired) electrons. The van der Waals surface area contributed by atoms with E-state index in [0.29, 0.717) is 19.4 Å². The molecule has 5 heteroatoms. The molecule has 1 atom stereocenters. The Balaban J connectivity index is 4.34. The molecule has 0 aliphatic heterocycles. The van der Waals surface area contributed by atoms with Gasteiger partial charge in [-0.15, -0.1) is 0 Å². The van der Waals surface area contributed by atoms with Crippen LogP contribution in [0.1, 0.15) is 278 Å². The summed E-state index contributed by atoms with van der Waals surface area (Å²) in [5, 5.41) is 0. The highest BCUT2D eigenvalue weighted by Crippen LogP contribution is 2.16. The molecule has 0 rings (SSSR count). The normalized spacial score (nSPS) is 12.9. The Morgan fingerprint density at radius 2 is 0.643 bits per heavy atom. The van der Waals surface area contributed by atoms with Crippen LogP contribution < -0.4 is 0 Å². The highest BCUT2D eigenvalue weighted by Gasteiger charge is 2.17. The molecule has 0 aromatic heterocycles. The molecule has 5 nitrogen and oxygen atoms in total. The van der Waals surface area contributed by atoms with Crippen molar-refractivity contribution in [1.29, 1.82) is 0 Å². The van der Waals surface area contributed by atoms with E-state index in [1.807, 2.05) is 0 Å². The standard InChI is InChI=1S/C65H112O5/c1-4-7-10-13-16-19-22-25-28-31-33-35-37-40-43-46-49-52-55-58-64(66)69-62-63(61-68-60-57-54-51-48-45-42-39-36-32-29-26-23-20-17-14-11-8-5-2)70-65(67)59-56-53-50-47-44-41-38-34-30-27-24-21-18-15-12-9-6-3/h7,9-10,12,16,18-19,21,25,27-28,30,33,35,38,41,63H,4-6,8,11,13-15,17,20,22-24,26,29,31-32,34,36-37,39-40,42-62H2,1-3H3/b10-7-,12-9-,19-16-,21-18-,28-25-,30-27-,35-33-,41-38-. The molecule has 0 aromatic rings. The van der Waals surface area contributed by atoms with Crippen molar-refractivity contribution < 1.29 is 23.8 Å². The number of rotatable bonds is 54. The smallest absolute Gasteiger partial charge is 0.306 e. The topological polar surface area (TPSA) is 61.8 Å². The van der Waals surface area contributed by atoms with Gasteiger partial charge in [0.1, 0.15) is 6.61 Å². The third-order valence-corrected chi connectivity index (χ3v) is 12.6. The molecule has 0 heterocycles. The third-order valence-electron chi connectivity index (χ3n) is 12.6. The van der Waals surface area contributed by atoms with Gasteiger partial charge in [-0.2, -0.15) is 0 Å². The van der Waals surface area contributed by atoms with Crippen LogP contribution in [0, 0.1) is 0 Å². The Bertz CT molecular complexity index is 1330. The maximum absolute atomic E-state index is 12.9. The quantitative estimate of drug-likeness (QED) is 0.0345. The van der Waals surface area contributed by atoms with Gasteiger partial charge in [-0.05, 0) is 96.3 Å². The summed E-state index contributed by atoms with van der Waals surface area (Å²) < 4.78 is 17.5. The number of carbonyl (C=O) groups excluding carboxylic acids is 2. The Hall–Kier alpha value is -3.18. The average molecular weight is 974 g/mol. The van der Waals surface area contributed by atoms with E-state index in [1.165, 1.54) is 122 Å². The van der Waals surface area contributed by atoms with E-state index in [0.717, 1.165) is 122 Å². The van der Waals surface area contributed by atoms with Gasteiger partial charge in [-0.1, -0.05) is 266 Å². The number of unbranched alkanes of at least 4 members (excludes halogenated alkanes) is 27. The lowest BCUT2D eigenvalue weighted by Crippen LogP contribution is -2.30. The van der Waals surface area contributed by atoms with Crippen LogP contribution in [0.15, 0.2) is 97.2 Å². The molecule has 0 fully saturated rings. The first-order valence-corrected chi connectivity index (χ1v) is 29.8. The maximum Gasteiger partial charge on any atom is 0.306 e. The monoisotopic (exact) mass is 973 g/mol. The summed E-state index contributed by atoms with van der Waals surface area (Å²) >= 11 is 0. The fraction of sp³-hybridized carbons (Fsp3) is 0.723. The van der Waals surface area contributed by atoms with Crippen molar-refractivity contribution in [2.45, 2.75) is 284 Å². The lowest BCUT2D eigenvalue weighted by molar-refractivity contribution is -0.163. The van der Waals surface area contributed by atoms with E-state index in [-0.39, 0.29) is 25.2 Å². The Labute approximate surface area is 434 Å². The van der Waals surface area contributed by atoms with Crippen molar-refractivity contribution in [2.75, 3.05) is 19.8 Å². The molecule has 70 heavy (non-hydrogen) atoms. The fourth-order valence-electron chi connectivity index (χ4n) is 8.26. The van der Waals surface area contributed by atoms with Crippen molar-refractivity contribution in [1.82, 2.24) is 0 Å². The molecular formula is C65H112O5. The van der Waals surface area contributed by atoms with Gasteiger partial charge in [0.15, 0.2) is 6.10 Å². The predicted octanol–water partition coefficient (Wildman–Crippen LogP) is 20.6. The van der Waals surface area contributed by atoms with Crippen LogP contribution in [0.3, 0.4) is 0 Å². The van der Waals surface area contributed by atoms with Gasteiger partial charge in [0.25, 0.3) is 0 Å². The second kappa shape index (κ2) is 60.1. The van der Waals surface area contributed by atoms with Gasteiger partial charge >= 0.3 is 11.9 Å². The molecule has 0 aliphatic rings. The van der Waals surface area contributed by atoms with Crippen LogP contribution in [0.2, 0.25) is 0 Å². The first kappa shape index (κ1) is 66.8. The highest BCUT2D eigenvalue weighted by molar-refractivity contribution is 5.70. The molecule has 402 valence electrons. The van der Waals surface area contributed by atoms with Crippen molar-refractivity contribution in [2.24, 2.45) is 0 Å². The molecule has 0 saturated heterocycles. The molecule has 0 aliphatic carbocycles. The summed E-state index contributed by atoms with van der Waals surface area (Å²) in [6.07, 6.45) is 81.5. The zero-order chi connectivity index (χ0) is 50.6. The van der Waals surface area contributed by atoms with Gasteiger partial charge in [-0.25, -0.2) is 0 Å². The summed E-state index contributed by atoms with van der Waals surface area (Å²) in [7, 11) is 0. The van der Waals surface area contributed by atoms with E-state index in [2.05, 4.69) is 118 Å². The number of carbonyl (C=O) groups is 2.